The molecule has 0 amide bonds. The van der Waals surface area contributed by atoms with Crippen LogP contribution < -0.4 is 0 Å². The summed E-state index contributed by atoms with van der Waals surface area (Å²) in [7, 11) is 0. The molecule has 0 atom stereocenters. The van der Waals surface area contributed by atoms with Crippen molar-refractivity contribution < 1.29 is 4.55 Å². The van der Waals surface area contributed by atoms with E-state index in [1.807, 2.05) is 0 Å². The van der Waals surface area contributed by atoms with Gasteiger partial charge in [0.15, 0.2) is 10.3 Å². The summed E-state index contributed by atoms with van der Waals surface area (Å²) in [5.41, 5.74) is 0. The highest BCUT2D eigenvalue weighted by molar-refractivity contribution is 7.94. The number of aromatic nitrogens is 1. The van der Waals surface area contributed by atoms with Crippen LogP contribution in [0.4, 0.5) is 0 Å². The van der Waals surface area contributed by atoms with E-state index < -0.39 is 0 Å². The summed E-state index contributed by atoms with van der Waals surface area (Å²) in [4.78, 5) is 3.84. The Morgan fingerprint density at radius 1 is 1.00 bits per heavy atom. The van der Waals surface area contributed by atoms with Crippen molar-refractivity contribution in [1.82, 2.24) is 4.98 Å². The smallest absolute Gasteiger partial charge is 0.150 e. The van der Waals surface area contributed by atoms with E-state index in [4.69, 9.17) is 51.0 Å². The molecule has 0 aliphatic heterocycles. The zero-order valence-electron chi connectivity index (χ0n) is 5.31. The van der Waals surface area contributed by atoms with Gasteiger partial charge in [-0.3, -0.25) is 0 Å². The predicted molar refractivity (Wildman–Crippen MR) is 52.8 cm³/mol. The number of nitrogens with zero attached hydrogens (tertiary/aromatic N) is 1. The van der Waals surface area contributed by atoms with Crippen LogP contribution in [0.1, 0.15) is 0 Å². The molecule has 0 bridgehead atoms. The Balaban J connectivity index is 3.42. The van der Waals surface area contributed by atoms with Crippen LogP contribution in [0.15, 0.2) is 4.90 Å². The predicted octanol–water partition coefficient (Wildman–Crippen LogP) is 4.26. The minimum atomic E-state index is 0.0163. The van der Waals surface area contributed by atoms with E-state index in [-0.39, 0.29) is 25.2 Å². The van der Waals surface area contributed by atoms with Crippen molar-refractivity contribution in [2.75, 3.05) is 0 Å². The van der Waals surface area contributed by atoms with Gasteiger partial charge in [-0.2, -0.15) is 0 Å². The Hall–Kier alpha value is 0.620. The van der Waals surface area contributed by atoms with E-state index in [2.05, 4.69) is 4.98 Å². The molecule has 0 radical (unpaired) electrons. The first-order chi connectivity index (χ1) is 5.57. The Kier molecular flexibility index (Phi) is 3.76. The van der Waals surface area contributed by atoms with Crippen molar-refractivity contribution in [2.24, 2.45) is 0 Å². The number of hydrogen-bond acceptors (Lipinski definition) is 3. The van der Waals surface area contributed by atoms with E-state index >= 15 is 0 Å². The number of hydrogen-bond donors (Lipinski definition) is 1. The Labute approximate surface area is 93.0 Å². The van der Waals surface area contributed by atoms with E-state index in [0.717, 1.165) is 0 Å². The Morgan fingerprint density at radius 3 is 1.75 bits per heavy atom. The summed E-state index contributed by atoms with van der Waals surface area (Å²) >= 11 is 22.8. The monoisotopic (exact) mass is 263 g/mol. The molecule has 1 aromatic rings. The highest BCUT2D eigenvalue weighted by Gasteiger charge is 2.15. The first kappa shape index (κ1) is 10.7. The third-order valence-electron chi connectivity index (χ3n) is 1.05. The number of pyridine rings is 1. The molecule has 0 aromatic carbocycles. The normalized spacial score (nSPS) is 10.4. The molecule has 0 aliphatic carbocycles. The summed E-state index contributed by atoms with van der Waals surface area (Å²) < 4.78 is 8.75. The fraction of sp³-hybridized carbons (Fsp3) is 0. The van der Waals surface area contributed by atoms with Gasteiger partial charge in [0.2, 0.25) is 0 Å². The van der Waals surface area contributed by atoms with Gasteiger partial charge in [-0.25, -0.2) is 4.98 Å². The molecule has 0 saturated carbocycles. The molecule has 12 heavy (non-hydrogen) atoms. The molecule has 1 N–H and O–H groups in total. The van der Waals surface area contributed by atoms with Crippen LogP contribution in [0.2, 0.25) is 20.4 Å². The van der Waals surface area contributed by atoms with Crippen LogP contribution in [0, 0.1) is 0 Å². The van der Waals surface area contributed by atoms with Crippen LogP contribution in [0.25, 0.3) is 0 Å². The van der Waals surface area contributed by atoms with Gasteiger partial charge in [0.1, 0.15) is 0 Å². The van der Waals surface area contributed by atoms with Gasteiger partial charge in [0.25, 0.3) is 0 Å². The second-order valence-electron chi connectivity index (χ2n) is 1.74. The molecule has 0 saturated heterocycles. The van der Waals surface area contributed by atoms with Crippen LogP contribution in [-0.2, 0) is 0 Å². The van der Waals surface area contributed by atoms with Crippen molar-refractivity contribution in [2.45, 2.75) is 4.90 Å². The minimum Gasteiger partial charge on any atom is -0.325 e. The summed E-state index contributed by atoms with van der Waals surface area (Å²) in [6.07, 6.45) is 0. The van der Waals surface area contributed by atoms with E-state index in [1.165, 1.54) is 0 Å². The van der Waals surface area contributed by atoms with Crippen molar-refractivity contribution in [3.05, 3.63) is 20.4 Å². The molecule has 66 valence electrons. The standard InChI is InChI=1S/C5HCl4NOS/c6-1-3(12-11)2(7)5(9)10-4(1)8/h11H. The van der Waals surface area contributed by atoms with Gasteiger partial charge < -0.3 is 4.55 Å². The Morgan fingerprint density at radius 2 is 1.42 bits per heavy atom. The lowest BCUT2D eigenvalue weighted by Crippen LogP contribution is -1.85. The summed E-state index contributed by atoms with van der Waals surface area (Å²) in [6.45, 7) is 0. The maximum absolute atomic E-state index is 8.75. The third kappa shape index (κ3) is 1.92. The van der Waals surface area contributed by atoms with Crippen LogP contribution >= 0.6 is 58.4 Å². The quantitative estimate of drug-likeness (QED) is 0.608. The second kappa shape index (κ2) is 4.22. The van der Waals surface area contributed by atoms with Crippen LogP contribution in [-0.4, -0.2) is 9.54 Å². The molecule has 0 fully saturated rings. The highest BCUT2D eigenvalue weighted by Crippen LogP contribution is 2.39. The fourth-order valence-electron chi connectivity index (χ4n) is 0.548. The maximum Gasteiger partial charge on any atom is 0.150 e. The number of rotatable bonds is 1. The van der Waals surface area contributed by atoms with Gasteiger partial charge >= 0.3 is 0 Å². The van der Waals surface area contributed by atoms with Crippen molar-refractivity contribution >= 4 is 58.4 Å². The molecule has 2 nitrogen and oxygen atoms in total. The molecule has 0 aliphatic rings. The molecule has 1 aromatic heterocycles. The minimum absolute atomic E-state index is 0.0163. The van der Waals surface area contributed by atoms with Crippen molar-refractivity contribution in [1.29, 1.82) is 0 Å². The lowest BCUT2D eigenvalue weighted by atomic mass is 10.5. The summed E-state index contributed by atoms with van der Waals surface area (Å²) in [5, 5.41) is 0.224. The molecule has 1 rings (SSSR count). The van der Waals surface area contributed by atoms with Gasteiger partial charge in [-0.15, -0.1) is 0 Å². The summed E-state index contributed by atoms with van der Waals surface area (Å²) in [5.74, 6) is 0. The third-order valence-corrected chi connectivity index (χ3v) is 3.34. The molecule has 0 unspecified atom stereocenters. The zero-order valence-corrected chi connectivity index (χ0v) is 9.15. The summed E-state index contributed by atoms with van der Waals surface area (Å²) in [6, 6.07) is 0. The average Bonchev–Trinajstić information content (AvgIpc) is 2.02. The van der Waals surface area contributed by atoms with Gasteiger partial charge in [0, 0.05) is 12.0 Å². The topological polar surface area (TPSA) is 33.1 Å². The van der Waals surface area contributed by atoms with Crippen LogP contribution in [0.5, 0.6) is 0 Å². The van der Waals surface area contributed by atoms with E-state index in [1.54, 1.807) is 0 Å². The largest absolute Gasteiger partial charge is 0.325 e. The highest BCUT2D eigenvalue weighted by atomic mass is 35.5. The zero-order chi connectivity index (χ0) is 9.30. The lowest BCUT2D eigenvalue weighted by molar-refractivity contribution is 0.664. The second-order valence-corrected chi connectivity index (χ2v) is 3.80. The van der Waals surface area contributed by atoms with Gasteiger partial charge in [-0.05, 0) is 0 Å². The molecule has 7 heteroatoms. The average molecular weight is 265 g/mol. The molecule has 1 heterocycles. The van der Waals surface area contributed by atoms with E-state index in [0.29, 0.717) is 12.0 Å². The van der Waals surface area contributed by atoms with Crippen LogP contribution in [0.3, 0.4) is 0 Å². The molecular weight excluding hydrogens is 264 g/mol. The fourth-order valence-corrected chi connectivity index (χ4v) is 1.94. The Bertz CT molecular complexity index is 293. The first-order valence-corrected chi connectivity index (χ1v) is 4.88. The lowest BCUT2D eigenvalue weighted by Gasteiger charge is -2.04. The van der Waals surface area contributed by atoms with Crippen molar-refractivity contribution in [3.63, 3.8) is 0 Å². The van der Waals surface area contributed by atoms with Crippen molar-refractivity contribution in [3.8, 4) is 0 Å². The van der Waals surface area contributed by atoms with E-state index in [9.17, 15) is 0 Å². The van der Waals surface area contributed by atoms with Gasteiger partial charge in [-0.1, -0.05) is 46.4 Å². The first-order valence-electron chi connectivity index (χ1n) is 2.59. The number of halogens is 4. The molecule has 0 spiro atoms. The maximum atomic E-state index is 8.75. The SMILES string of the molecule is OSc1c(Cl)c(Cl)nc(Cl)c1Cl. The molecular formula is C5HCl4NOS. The van der Waals surface area contributed by atoms with Gasteiger partial charge in [0.05, 0.1) is 14.9 Å².